The van der Waals surface area contributed by atoms with Crippen molar-refractivity contribution in [2.24, 2.45) is 10.8 Å². The summed E-state index contributed by atoms with van der Waals surface area (Å²) in [6.45, 7) is 10.3. The van der Waals surface area contributed by atoms with Crippen molar-refractivity contribution in [3.63, 3.8) is 0 Å². The van der Waals surface area contributed by atoms with Crippen LogP contribution in [-0.4, -0.2) is 29.2 Å². The molecule has 1 saturated carbocycles. The van der Waals surface area contributed by atoms with Crippen LogP contribution in [0.3, 0.4) is 0 Å². The van der Waals surface area contributed by atoms with Crippen LogP contribution in [0.5, 0.6) is 0 Å². The van der Waals surface area contributed by atoms with Crippen LogP contribution in [0.1, 0.15) is 47.5 Å². The van der Waals surface area contributed by atoms with Gasteiger partial charge in [0, 0.05) is 6.04 Å². The number of aliphatic carboxylic acids is 1. The van der Waals surface area contributed by atoms with Crippen LogP contribution in [0.15, 0.2) is 0 Å². The highest BCUT2D eigenvalue weighted by atomic mass is 16.4. The summed E-state index contributed by atoms with van der Waals surface area (Å²) >= 11 is 0. The lowest BCUT2D eigenvalue weighted by atomic mass is 10.0. The Bertz CT molecular complexity index is 336. The van der Waals surface area contributed by atoms with E-state index in [1.807, 2.05) is 6.92 Å². The molecule has 5 heteroatoms. The molecule has 1 atom stereocenters. The maximum Gasteiger partial charge on any atom is 0.326 e. The first kappa shape index (κ1) is 14.8. The molecule has 18 heavy (non-hydrogen) atoms. The number of hydrogen-bond acceptors (Lipinski definition) is 2. The van der Waals surface area contributed by atoms with Crippen LogP contribution in [0, 0.1) is 10.8 Å². The maximum atomic E-state index is 11.8. The Balaban J connectivity index is 2.50. The quantitative estimate of drug-likeness (QED) is 0.703. The number of carbonyl (C=O) groups excluding carboxylic acids is 1. The van der Waals surface area contributed by atoms with Crippen molar-refractivity contribution >= 4 is 12.0 Å². The number of rotatable bonds is 5. The van der Waals surface area contributed by atoms with Gasteiger partial charge >= 0.3 is 12.0 Å². The molecule has 0 radical (unpaired) electrons. The van der Waals surface area contributed by atoms with Crippen LogP contribution in [0.25, 0.3) is 0 Å². The van der Waals surface area contributed by atoms with Crippen LogP contribution < -0.4 is 10.6 Å². The Morgan fingerprint density at radius 2 is 1.72 bits per heavy atom. The summed E-state index contributed by atoms with van der Waals surface area (Å²) in [5, 5.41) is 14.3. The van der Waals surface area contributed by atoms with Gasteiger partial charge in [0.2, 0.25) is 0 Å². The summed E-state index contributed by atoms with van der Waals surface area (Å²) < 4.78 is 0. The number of carbonyl (C=O) groups is 2. The van der Waals surface area contributed by atoms with Crippen molar-refractivity contribution < 1.29 is 14.7 Å². The van der Waals surface area contributed by atoms with E-state index in [0.29, 0.717) is 6.42 Å². The lowest BCUT2D eigenvalue weighted by Crippen LogP contribution is -2.47. The third-order valence-electron chi connectivity index (χ3n) is 4.48. The van der Waals surface area contributed by atoms with Crippen molar-refractivity contribution in [1.82, 2.24) is 10.6 Å². The average Bonchev–Trinajstić information content (AvgIpc) is 2.60. The first-order valence-corrected chi connectivity index (χ1v) is 6.44. The van der Waals surface area contributed by atoms with E-state index in [-0.39, 0.29) is 22.9 Å². The van der Waals surface area contributed by atoms with Crippen molar-refractivity contribution in [3.8, 4) is 0 Å². The molecule has 5 nitrogen and oxygen atoms in total. The van der Waals surface area contributed by atoms with E-state index in [9.17, 15) is 9.59 Å². The fourth-order valence-electron chi connectivity index (χ4n) is 2.43. The van der Waals surface area contributed by atoms with Crippen molar-refractivity contribution in [1.29, 1.82) is 0 Å². The Labute approximate surface area is 108 Å². The molecular weight excluding hydrogens is 232 g/mol. The van der Waals surface area contributed by atoms with E-state index in [1.165, 1.54) is 0 Å². The van der Waals surface area contributed by atoms with Gasteiger partial charge in [0.05, 0.1) is 0 Å². The third kappa shape index (κ3) is 2.60. The van der Waals surface area contributed by atoms with Crippen molar-refractivity contribution in [2.45, 2.75) is 59.5 Å². The fraction of sp³-hybridized carbons (Fsp3) is 0.846. The maximum absolute atomic E-state index is 11.8. The second-order valence-electron chi connectivity index (χ2n) is 6.17. The molecule has 3 N–H and O–H groups in total. The smallest absolute Gasteiger partial charge is 0.326 e. The van der Waals surface area contributed by atoms with E-state index in [4.69, 9.17) is 5.11 Å². The summed E-state index contributed by atoms with van der Waals surface area (Å²) in [4.78, 5) is 22.7. The molecule has 0 aromatic carbocycles. The normalized spacial score (nSPS) is 22.1. The highest BCUT2D eigenvalue weighted by Gasteiger charge is 2.65. The minimum Gasteiger partial charge on any atom is -0.480 e. The number of hydrogen-bond donors (Lipinski definition) is 3. The summed E-state index contributed by atoms with van der Waals surface area (Å²) in [7, 11) is 0. The largest absolute Gasteiger partial charge is 0.480 e. The highest BCUT2D eigenvalue weighted by Crippen LogP contribution is 2.62. The van der Waals surface area contributed by atoms with Gasteiger partial charge in [0.25, 0.3) is 0 Å². The van der Waals surface area contributed by atoms with E-state index in [0.717, 1.165) is 6.42 Å². The number of carboxylic acid groups (broad SMARTS) is 1. The topological polar surface area (TPSA) is 78.4 Å². The summed E-state index contributed by atoms with van der Waals surface area (Å²) in [5.74, 6) is -0.985. The fourth-order valence-corrected chi connectivity index (χ4v) is 2.43. The second kappa shape index (κ2) is 4.78. The van der Waals surface area contributed by atoms with E-state index < -0.39 is 12.0 Å². The van der Waals surface area contributed by atoms with Gasteiger partial charge in [-0.2, -0.15) is 0 Å². The van der Waals surface area contributed by atoms with Crippen molar-refractivity contribution in [3.05, 3.63) is 0 Å². The molecule has 0 aromatic rings. The minimum atomic E-state index is -0.985. The van der Waals surface area contributed by atoms with Gasteiger partial charge in [-0.25, -0.2) is 9.59 Å². The summed E-state index contributed by atoms with van der Waals surface area (Å²) in [6, 6.07) is -1.11. The number of nitrogens with one attached hydrogen (secondary N) is 2. The predicted molar refractivity (Wildman–Crippen MR) is 69.3 cm³/mol. The van der Waals surface area contributed by atoms with Gasteiger partial charge in [-0.15, -0.1) is 0 Å². The highest BCUT2D eigenvalue weighted by molar-refractivity contribution is 5.83. The number of urea groups is 1. The Morgan fingerprint density at radius 3 is 2.06 bits per heavy atom. The predicted octanol–water partition coefficient (Wildman–Crippen LogP) is 1.97. The molecule has 1 aliphatic rings. The van der Waals surface area contributed by atoms with Gasteiger partial charge in [-0.05, 0) is 17.3 Å². The minimum absolute atomic E-state index is 0.0494. The lowest BCUT2D eigenvalue weighted by molar-refractivity contribution is -0.139. The number of amides is 2. The van der Waals surface area contributed by atoms with Crippen LogP contribution in [0.2, 0.25) is 0 Å². The summed E-state index contributed by atoms with van der Waals surface area (Å²) in [5.41, 5.74) is 0.0988. The first-order chi connectivity index (χ1) is 8.14. The Morgan fingerprint density at radius 1 is 1.22 bits per heavy atom. The molecule has 1 fully saturated rings. The molecule has 2 amide bonds. The molecular formula is C13H24N2O3. The van der Waals surface area contributed by atoms with E-state index >= 15 is 0 Å². The molecule has 104 valence electrons. The molecule has 0 heterocycles. The van der Waals surface area contributed by atoms with E-state index in [1.54, 1.807) is 0 Å². The lowest BCUT2D eigenvalue weighted by Gasteiger charge is -2.15. The van der Waals surface area contributed by atoms with Crippen LogP contribution >= 0.6 is 0 Å². The average molecular weight is 256 g/mol. The first-order valence-electron chi connectivity index (χ1n) is 6.44. The van der Waals surface area contributed by atoms with Crippen LogP contribution in [-0.2, 0) is 4.79 Å². The monoisotopic (exact) mass is 256 g/mol. The molecule has 0 unspecified atom stereocenters. The van der Waals surface area contributed by atoms with Gasteiger partial charge in [-0.3, -0.25) is 0 Å². The van der Waals surface area contributed by atoms with E-state index in [2.05, 4.69) is 38.3 Å². The number of carboxylic acids is 1. The zero-order valence-corrected chi connectivity index (χ0v) is 11.8. The second-order valence-corrected chi connectivity index (χ2v) is 6.17. The molecule has 0 bridgehead atoms. The molecule has 1 aliphatic carbocycles. The third-order valence-corrected chi connectivity index (χ3v) is 4.48. The van der Waals surface area contributed by atoms with Gasteiger partial charge < -0.3 is 15.7 Å². The molecule has 1 rings (SSSR count). The SMILES string of the molecule is CCC[C@H](NC(=O)NC1C(C)(C)C1(C)C)C(=O)O. The van der Waals surface area contributed by atoms with Crippen molar-refractivity contribution in [2.75, 3.05) is 0 Å². The summed E-state index contributed by atoms with van der Waals surface area (Å²) in [6.07, 6.45) is 1.16. The zero-order valence-electron chi connectivity index (χ0n) is 11.8. The standard InChI is InChI=1S/C13H24N2O3/c1-6-7-8(9(16)17)14-11(18)15-10-12(2,3)13(10,4)5/h8,10H,6-7H2,1-5H3,(H,16,17)(H2,14,15,18)/t8-/m0/s1. The molecule has 0 aliphatic heterocycles. The molecule has 0 saturated heterocycles. The Hall–Kier alpha value is -1.26. The molecule has 0 spiro atoms. The zero-order chi connectivity index (χ0) is 14.1. The Kier molecular flexibility index (Phi) is 3.93. The van der Waals surface area contributed by atoms with Gasteiger partial charge in [0.1, 0.15) is 6.04 Å². The van der Waals surface area contributed by atoms with Gasteiger partial charge in [0.15, 0.2) is 0 Å². The molecule has 0 aromatic heterocycles. The van der Waals surface area contributed by atoms with Crippen LogP contribution in [0.4, 0.5) is 4.79 Å². The van der Waals surface area contributed by atoms with Gasteiger partial charge in [-0.1, -0.05) is 41.0 Å².